The SMILES string of the molecule is O=C1C(=O)N2CCNCC2CN1Cc1ccc(Cl)c(F)c1. The summed E-state index contributed by atoms with van der Waals surface area (Å²) >= 11 is 5.64. The fourth-order valence-corrected chi connectivity index (χ4v) is 2.90. The number of nitrogens with zero attached hydrogens (tertiary/aromatic N) is 2. The number of rotatable bonds is 2. The Hall–Kier alpha value is -1.66. The van der Waals surface area contributed by atoms with Gasteiger partial charge in [0.25, 0.3) is 0 Å². The summed E-state index contributed by atoms with van der Waals surface area (Å²) in [6, 6.07) is 4.40. The van der Waals surface area contributed by atoms with Crippen molar-refractivity contribution >= 4 is 23.4 Å². The van der Waals surface area contributed by atoms with Gasteiger partial charge in [-0.05, 0) is 17.7 Å². The topological polar surface area (TPSA) is 52.7 Å². The summed E-state index contributed by atoms with van der Waals surface area (Å²) in [5, 5.41) is 3.25. The molecule has 1 atom stereocenters. The smallest absolute Gasteiger partial charge is 0.312 e. The Balaban J connectivity index is 1.77. The van der Waals surface area contributed by atoms with Crippen LogP contribution in [0.5, 0.6) is 0 Å². The van der Waals surface area contributed by atoms with Crippen molar-refractivity contribution in [3.05, 3.63) is 34.6 Å². The predicted octanol–water partition coefficient (Wildman–Crippen LogP) is 0.622. The quantitative estimate of drug-likeness (QED) is 0.815. The molecule has 2 heterocycles. The van der Waals surface area contributed by atoms with E-state index in [1.807, 2.05) is 0 Å². The van der Waals surface area contributed by atoms with Crippen molar-refractivity contribution < 1.29 is 14.0 Å². The first kappa shape index (κ1) is 14.3. The molecule has 2 amide bonds. The van der Waals surface area contributed by atoms with Crippen LogP contribution < -0.4 is 5.32 Å². The number of fused-ring (bicyclic) bond motifs is 1. The van der Waals surface area contributed by atoms with Crippen LogP contribution in [0.3, 0.4) is 0 Å². The molecule has 0 saturated carbocycles. The van der Waals surface area contributed by atoms with Gasteiger partial charge in [0.05, 0.1) is 11.1 Å². The number of amides is 2. The summed E-state index contributed by atoms with van der Waals surface area (Å²) in [5.41, 5.74) is 0.621. The predicted molar refractivity (Wildman–Crippen MR) is 75.2 cm³/mol. The molecule has 0 aliphatic carbocycles. The second kappa shape index (κ2) is 5.61. The van der Waals surface area contributed by atoms with Crippen LogP contribution in [-0.2, 0) is 16.1 Å². The van der Waals surface area contributed by atoms with Crippen LogP contribution in [0.2, 0.25) is 5.02 Å². The van der Waals surface area contributed by atoms with Gasteiger partial charge in [0, 0.05) is 32.7 Å². The van der Waals surface area contributed by atoms with E-state index in [0.717, 1.165) is 0 Å². The van der Waals surface area contributed by atoms with Gasteiger partial charge in [-0.2, -0.15) is 0 Å². The number of nitrogens with one attached hydrogen (secondary N) is 1. The lowest BCUT2D eigenvalue weighted by molar-refractivity contribution is -0.160. The third kappa shape index (κ3) is 2.73. The van der Waals surface area contributed by atoms with Crippen LogP contribution in [0.25, 0.3) is 0 Å². The molecular weight excluding hydrogens is 297 g/mol. The van der Waals surface area contributed by atoms with E-state index in [-0.39, 0.29) is 17.6 Å². The van der Waals surface area contributed by atoms with Crippen molar-refractivity contribution in [3.63, 3.8) is 0 Å². The van der Waals surface area contributed by atoms with E-state index in [0.29, 0.717) is 31.7 Å². The molecule has 2 aliphatic rings. The Morgan fingerprint density at radius 3 is 2.90 bits per heavy atom. The minimum atomic E-state index is -0.525. The van der Waals surface area contributed by atoms with Crippen LogP contribution >= 0.6 is 11.6 Å². The maximum absolute atomic E-state index is 13.5. The highest BCUT2D eigenvalue weighted by Crippen LogP contribution is 2.20. The zero-order chi connectivity index (χ0) is 15.0. The van der Waals surface area contributed by atoms with Crippen molar-refractivity contribution in [3.8, 4) is 0 Å². The van der Waals surface area contributed by atoms with Crippen LogP contribution in [0.4, 0.5) is 4.39 Å². The Bertz CT molecular complexity index is 596. The molecule has 21 heavy (non-hydrogen) atoms. The molecule has 0 aromatic heterocycles. The molecule has 112 valence electrons. The first-order chi connectivity index (χ1) is 10.1. The number of benzene rings is 1. The van der Waals surface area contributed by atoms with Crippen LogP contribution in [0.1, 0.15) is 5.56 Å². The highest BCUT2D eigenvalue weighted by Gasteiger charge is 2.39. The van der Waals surface area contributed by atoms with E-state index in [1.165, 1.54) is 17.0 Å². The number of hydrogen-bond acceptors (Lipinski definition) is 3. The Morgan fingerprint density at radius 1 is 1.33 bits per heavy atom. The highest BCUT2D eigenvalue weighted by molar-refractivity contribution is 6.35. The zero-order valence-corrected chi connectivity index (χ0v) is 12.1. The van der Waals surface area contributed by atoms with Gasteiger partial charge < -0.3 is 15.1 Å². The fourth-order valence-electron chi connectivity index (χ4n) is 2.78. The Morgan fingerprint density at radius 2 is 2.14 bits per heavy atom. The van der Waals surface area contributed by atoms with Crippen molar-refractivity contribution in [2.24, 2.45) is 0 Å². The average Bonchev–Trinajstić information content (AvgIpc) is 2.48. The lowest BCUT2D eigenvalue weighted by Crippen LogP contribution is -2.65. The molecule has 7 heteroatoms. The largest absolute Gasteiger partial charge is 0.328 e. The summed E-state index contributed by atoms with van der Waals surface area (Å²) in [4.78, 5) is 27.3. The number of piperazine rings is 2. The first-order valence-corrected chi connectivity index (χ1v) is 7.18. The van der Waals surface area contributed by atoms with E-state index in [4.69, 9.17) is 11.6 Å². The Kier molecular flexibility index (Phi) is 3.82. The van der Waals surface area contributed by atoms with Crippen molar-refractivity contribution in [1.29, 1.82) is 0 Å². The minimum Gasteiger partial charge on any atom is -0.328 e. The molecule has 1 aromatic carbocycles. The number of halogens is 2. The molecule has 0 spiro atoms. The number of carbonyl (C=O) groups excluding carboxylic acids is 2. The van der Waals surface area contributed by atoms with E-state index in [1.54, 1.807) is 11.0 Å². The highest BCUT2D eigenvalue weighted by atomic mass is 35.5. The second-order valence-corrected chi connectivity index (χ2v) is 5.70. The maximum Gasteiger partial charge on any atom is 0.312 e. The summed E-state index contributed by atoms with van der Waals surface area (Å²) in [6.45, 7) is 2.60. The zero-order valence-electron chi connectivity index (χ0n) is 11.3. The molecule has 1 aromatic rings. The molecule has 2 saturated heterocycles. The van der Waals surface area contributed by atoms with E-state index >= 15 is 0 Å². The molecular formula is C14H15ClFN3O2. The number of hydrogen-bond donors (Lipinski definition) is 1. The second-order valence-electron chi connectivity index (χ2n) is 5.29. The van der Waals surface area contributed by atoms with E-state index in [9.17, 15) is 14.0 Å². The van der Waals surface area contributed by atoms with E-state index in [2.05, 4.69) is 5.32 Å². The average molecular weight is 312 g/mol. The normalized spacial score (nSPS) is 22.5. The van der Waals surface area contributed by atoms with Gasteiger partial charge in [-0.15, -0.1) is 0 Å². The van der Waals surface area contributed by atoms with Gasteiger partial charge in [-0.25, -0.2) is 4.39 Å². The van der Waals surface area contributed by atoms with Gasteiger partial charge in [-0.3, -0.25) is 9.59 Å². The van der Waals surface area contributed by atoms with Crippen LogP contribution in [0.15, 0.2) is 18.2 Å². The molecule has 2 aliphatic heterocycles. The standard InChI is InChI=1S/C14H15ClFN3O2/c15-11-2-1-9(5-12(11)16)7-18-8-10-6-17-3-4-19(10)14(21)13(18)20/h1-2,5,10,17H,3-4,6-8H2. The fraction of sp³-hybridized carbons (Fsp3) is 0.429. The van der Waals surface area contributed by atoms with Gasteiger partial charge in [-0.1, -0.05) is 17.7 Å². The molecule has 0 radical (unpaired) electrons. The lowest BCUT2D eigenvalue weighted by Gasteiger charge is -2.43. The molecule has 3 rings (SSSR count). The van der Waals surface area contributed by atoms with Gasteiger partial charge >= 0.3 is 11.8 Å². The summed E-state index contributed by atoms with van der Waals surface area (Å²) in [7, 11) is 0. The Labute approximate surface area is 126 Å². The van der Waals surface area contributed by atoms with Crippen molar-refractivity contribution in [2.75, 3.05) is 26.2 Å². The third-order valence-corrected chi connectivity index (χ3v) is 4.18. The van der Waals surface area contributed by atoms with Crippen LogP contribution in [0, 0.1) is 5.82 Å². The van der Waals surface area contributed by atoms with Gasteiger partial charge in [0.15, 0.2) is 0 Å². The van der Waals surface area contributed by atoms with E-state index < -0.39 is 17.6 Å². The summed E-state index contributed by atoms with van der Waals surface area (Å²) in [5.74, 6) is -1.52. The molecule has 2 fully saturated rings. The van der Waals surface area contributed by atoms with Gasteiger partial charge in [0.2, 0.25) is 0 Å². The molecule has 1 unspecified atom stereocenters. The summed E-state index contributed by atoms with van der Waals surface area (Å²) in [6.07, 6.45) is 0. The first-order valence-electron chi connectivity index (χ1n) is 6.81. The monoisotopic (exact) mass is 311 g/mol. The molecule has 5 nitrogen and oxygen atoms in total. The molecule has 0 bridgehead atoms. The minimum absolute atomic E-state index is 0.0129. The summed E-state index contributed by atoms with van der Waals surface area (Å²) < 4.78 is 13.5. The lowest BCUT2D eigenvalue weighted by atomic mass is 10.1. The van der Waals surface area contributed by atoms with Crippen molar-refractivity contribution in [1.82, 2.24) is 15.1 Å². The molecule has 1 N–H and O–H groups in total. The maximum atomic E-state index is 13.5. The third-order valence-electron chi connectivity index (χ3n) is 3.87. The number of carbonyl (C=O) groups is 2. The van der Waals surface area contributed by atoms with Crippen LogP contribution in [-0.4, -0.2) is 53.8 Å². The van der Waals surface area contributed by atoms with Crippen molar-refractivity contribution in [2.45, 2.75) is 12.6 Å². The van der Waals surface area contributed by atoms with Gasteiger partial charge in [0.1, 0.15) is 5.82 Å².